The molecular weight excluding hydrogens is 472 g/mol. The van der Waals surface area contributed by atoms with Crippen LogP contribution < -0.4 is 24.2 Å². The summed E-state index contributed by atoms with van der Waals surface area (Å²) in [5, 5.41) is 3.23. The lowest BCUT2D eigenvalue weighted by Crippen LogP contribution is -2.30. The van der Waals surface area contributed by atoms with Gasteiger partial charge in [-0.25, -0.2) is 8.42 Å². The van der Waals surface area contributed by atoms with Crippen LogP contribution in [0.3, 0.4) is 0 Å². The van der Waals surface area contributed by atoms with Crippen LogP contribution in [0.1, 0.15) is 6.92 Å². The van der Waals surface area contributed by atoms with Crippen molar-refractivity contribution in [2.24, 2.45) is 0 Å². The van der Waals surface area contributed by atoms with Gasteiger partial charge in [-0.05, 0) is 55.5 Å². The number of carbonyl (C=O) groups is 1. The molecule has 33 heavy (non-hydrogen) atoms. The maximum absolute atomic E-state index is 12.7. The van der Waals surface area contributed by atoms with Crippen LogP contribution in [0, 0.1) is 0 Å². The largest absolute Gasteiger partial charge is 0.481 e. The maximum Gasteiger partial charge on any atom is 0.321 e. The zero-order chi connectivity index (χ0) is 24.0. The minimum absolute atomic E-state index is 0.0238. The van der Waals surface area contributed by atoms with Crippen molar-refractivity contribution in [1.82, 2.24) is 9.97 Å². The SMILES string of the molecule is COc1cc(NS(=O)(=O)c2ccc(NC(=O)C(C)Oc3ccc(Cl)cc3)cc2)nc(OC)n1. The number of nitrogens with one attached hydrogen (secondary N) is 2. The van der Waals surface area contributed by atoms with Crippen molar-refractivity contribution in [3.05, 3.63) is 59.6 Å². The Bertz CT molecular complexity index is 1200. The molecule has 0 bridgehead atoms. The molecule has 1 amide bonds. The molecule has 1 atom stereocenters. The number of ether oxygens (including phenoxy) is 3. The molecule has 3 aromatic rings. The van der Waals surface area contributed by atoms with Crippen LogP contribution >= 0.6 is 11.6 Å². The molecule has 0 radical (unpaired) electrons. The molecule has 3 rings (SSSR count). The summed E-state index contributed by atoms with van der Waals surface area (Å²) in [7, 11) is -1.24. The third kappa shape index (κ3) is 6.46. The van der Waals surface area contributed by atoms with Gasteiger partial charge in [0.2, 0.25) is 5.88 Å². The summed E-state index contributed by atoms with van der Waals surface area (Å²) in [4.78, 5) is 20.2. The molecular formula is C21H21ClN4O6S. The number of sulfonamides is 1. The Kier molecular flexibility index (Phi) is 7.56. The number of carbonyl (C=O) groups excluding carboxylic acids is 1. The molecule has 12 heteroatoms. The summed E-state index contributed by atoms with van der Waals surface area (Å²) in [6, 6.07) is 13.5. The molecule has 174 valence electrons. The molecule has 1 heterocycles. The van der Waals surface area contributed by atoms with Crippen LogP contribution in [0.4, 0.5) is 11.5 Å². The fraction of sp³-hybridized carbons (Fsp3) is 0.190. The number of rotatable bonds is 9. The quantitative estimate of drug-likeness (QED) is 0.465. The molecule has 0 aliphatic carbocycles. The molecule has 0 spiro atoms. The monoisotopic (exact) mass is 492 g/mol. The average Bonchev–Trinajstić information content (AvgIpc) is 2.80. The zero-order valence-electron chi connectivity index (χ0n) is 17.9. The molecule has 2 N–H and O–H groups in total. The van der Waals surface area contributed by atoms with Crippen molar-refractivity contribution in [2.45, 2.75) is 17.9 Å². The van der Waals surface area contributed by atoms with Gasteiger partial charge in [-0.3, -0.25) is 9.52 Å². The van der Waals surface area contributed by atoms with E-state index in [-0.39, 0.29) is 22.6 Å². The third-order valence-electron chi connectivity index (χ3n) is 4.24. The second kappa shape index (κ2) is 10.4. The second-order valence-electron chi connectivity index (χ2n) is 6.62. The van der Waals surface area contributed by atoms with Gasteiger partial charge in [0.05, 0.1) is 19.1 Å². The fourth-order valence-electron chi connectivity index (χ4n) is 2.58. The highest BCUT2D eigenvalue weighted by molar-refractivity contribution is 7.92. The second-order valence-corrected chi connectivity index (χ2v) is 8.73. The molecule has 0 saturated carbocycles. The first-order valence-corrected chi connectivity index (χ1v) is 11.4. The van der Waals surface area contributed by atoms with Crippen LogP contribution in [-0.2, 0) is 14.8 Å². The molecule has 0 fully saturated rings. The van der Waals surface area contributed by atoms with E-state index in [0.717, 1.165) is 0 Å². The number of methoxy groups -OCH3 is 2. The third-order valence-corrected chi connectivity index (χ3v) is 5.86. The number of nitrogens with zero attached hydrogens (tertiary/aromatic N) is 2. The van der Waals surface area contributed by atoms with Crippen LogP contribution in [-0.4, -0.2) is 44.6 Å². The van der Waals surface area contributed by atoms with Crippen LogP contribution in [0.25, 0.3) is 0 Å². The highest BCUT2D eigenvalue weighted by Crippen LogP contribution is 2.22. The van der Waals surface area contributed by atoms with Crippen molar-refractivity contribution >= 4 is 39.0 Å². The van der Waals surface area contributed by atoms with E-state index in [9.17, 15) is 13.2 Å². The Morgan fingerprint density at radius 1 is 1.00 bits per heavy atom. The topological polar surface area (TPSA) is 129 Å². The standard InChI is InChI=1S/C21H21ClN4O6S/c1-13(32-16-8-4-14(22)5-9-16)20(27)23-15-6-10-17(11-7-15)33(28,29)26-18-12-19(30-2)25-21(24-18)31-3/h4-13H,1-3H3,(H,23,27)(H,24,25,26). The van der Waals surface area contributed by atoms with E-state index in [0.29, 0.717) is 16.5 Å². The van der Waals surface area contributed by atoms with E-state index in [4.69, 9.17) is 25.8 Å². The van der Waals surface area contributed by atoms with Crippen molar-refractivity contribution < 1.29 is 27.4 Å². The number of hydrogen-bond donors (Lipinski definition) is 2. The van der Waals surface area contributed by atoms with Crippen molar-refractivity contribution in [3.63, 3.8) is 0 Å². The molecule has 0 aliphatic heterocycles. The minimum atomic E-state index is -3.97. The smallest absolute Gasteiger partial charge is 0.321 e. The number of aromatic nitrogens is 2. The summed E-state index contributed by atoms with van der Waals surface area (Å²) < 4.78 is 43.3. The van der Waals surface area contributed by atoms with Gasteiger partial charge in [-0.1, -0.05) is 11.6 Å². The lowest BCUT2D eigenvalue weighted by atomic mass is 10.3. The van der Waals surface area contributed by atoms with Crippen molar-refractivity contribution in [1.29, 1.82) is 0 Å². The van der Waals surface area contributed by atoms with Crippen LogP contribution in [0.2, 0.25) is 5.02 Å². The molecule has 0 aliphatic rings. The number of amides is 1. The van der Waals surface area contributed by atoms with E-state index in [1.165, 1.54) is 44.6 Å². The Labute approximate surface area is 195 Å². The van der Waals surface area contributed by atoms with Crippen molar-refractivity contribution in [3.8, 4) is 17.6 Å². The first kappa shape index (κ1) is 24.1. The Hall–Kier alpha value is -3.57. The van der Waals surface area contributed by atoms with Gasteiger partial charge in [-0.2, -0.15) is 9.97 Å². The fourth-order valence-corrected chi connectivity index (χ4v) is 3.70. The highest BCUT2D eigenvalue weighted by atomic mass is 35.5. The van der Waals surface area contributed by atoms with Gasteiger partial charge >= 0.3 is 6.01 Å². The molecule has 2 aromatic carbocycles. The van der Waals surface area contributed by atoms with E-state index < -0.39 is 22.0 Å². The lowest BCUT2D eigenvalue weighted by Gasteiger charge is -2.15. The molecule has 0 saturated heterocycles. The number of anilines is 2. The molecule has 10 nitrogen and oxygen atoms in total. The zero-order valence-corrected chi connectivity index (χ0v) is 19.5. The highest BCUT2D eigenvalue weighted by Gasteiger charge is 2.18. The Morgan fingerprint density at radius 3 is 2.27 bits per heavy atom. The minimum Gasteiger partial charge on any atom is -0.481 e. The average molecular weight is 493 g/mol. The Morgan fingerprint density at radius 2 is 1.67 bits per heavy atom. The summed E-state index contributed by atoms with van der Waals surface area (Å²) in [6.45, 7) is 1.59. The van der Waals surface area contributed by atoms with Crippen LogP contribution in [0.15, 0.2) is 59.5 Å². The normalized spacial score (nSPS) is 11.9. The molecule has 1 unspecified atom stereocenters. The van der Waals surface area contributed by atoms with Gasteiger partial charge < -0.3 is 19.5 Å². The lowest BCUT2D eigenvalue weighted by molar-refractivity contribution is -0.122. The molecule has 1 aromatic heterocycles. The summed E-state index contributed by atoms with van der Waals surface area (Å²) in [5.74, 6) is 0.197. The van der Waals surface area contributed by atoms with E-state index in [1.54, 1.807) is 31.2 Å². The predicted octanol–water partition coefficient (Wildman–Crippen LogP) is 3.35. The van der Waals surface area contributed by atoms with Crippen LogP contribution in [0.5, 0.6) is 17.6 Å². The first-order valence-electron chi connectivity index (χ1n) is 9.53. The summed E-state index contributed by atoms with van der Waals surface area (Å²) in [6.07, 6.45) is -0.793. The number of halogens is 1. The van der Waals surface area contributed by atoms with Gasteiger partial charge in [0.25, 0.3) is 15.9 Å². The van der Waals surface area contributed by atoms with E-state index in [2.05, 4.69) is 20.0 Å². The first-order chi connectivity index (χ1) is 15.7. The predicted molar refractivity (Wildman–Crippen MR) is 123 cm³/mol. The number of benzene rings is 2. The van der Waals surface area contributed by atoms with E-state index in [1.807, 2.05) is 0 Å². The Balaban J connectivity index is 1.66. The number of hydrogen-bond acceptors (Lipinski definition) is 8. The van der Waals surface area contributed by atoms with E-state index >= 15 is 0 Å². The van der Waals surface area contributed by atoms with Gasteiger partial charge in [0.1, 0.15) is 5.75 Å². The van der Waals surface area contributed by atoms with Crippen molar-refractivity contribution in [2.75, 3.05) is 24.3 Å². The maximum atomic E-state index is 12.7. The van der Waals surface area contributed by atoms with Gasteiger partial charge in [-0.15, -0.1) is 0 Å². The van der Waals surface area contributed by atoms with Gasteiger partial charge in [0, 0.05) is 16.8 Å². The summed E-state index contributed by atoms with van der Waals surface area (Å²) >= 11 is 5.84. The van der Waals surface area contributed by atoms with Gasteiger partial charge in [0.15, 0.2) is 11.9 Å². The summed E-state index contributed by atoms with van der Waals surface area (Å²) in [5.41, 5.74) is 0.399.